The number of halogens is 1. The second-order valence-corrected chi connectivity index (χ2v) is 7.06. The lowest BCUT2D eigenvalue weighted by molar-refractivity contribution is 0.126. The van der Waals surface area contributed by atoms with E-state index in [1.807, 2.05) is 0 Å². The monoisotopic (exact) mass is 338 g/mol. The molecule has 0 bridgehead atoms. The van der Waals surface area contributed by atoms with Gasteiger partial charge in [0.1, 0.15) is 0 Å². The first-order valence-electron chi connectivity index (χ1n) is 7.55. The summed E-state index contributed by atoms with van der Waals surface area (Å²) < 4.78 is 1.12. The maximum absolute atomic E-state index is 10.3. The van der Waals surface area contributed by atoms with Gasteiger partial charge in [-0.2, -0.15) is 0 Å². The summed E-state index contributed by atoms with van der Waals surface area (Å²) in [6.07, 6.45) is 4.65. The van der Waals surface area contributed by atoms with Crippen LogP contribution in [-0.4, -0.2) is 48.8 Å². The molecule has 1 aromatic carbocycles. The second-order valence-electron chi connectivity index (χ2n) is 6.15. The molecular formula is C16H23BrN2O. The van der Waals surface area contributed by atoms with Crippen molar-refractivity contribution < 1.29 is 5.11 Å². The predicted molar refractivity (Wildman–Crippen MR) is 86.3 cm³/mol. The number of β-amino-alcohol motifs (C(OH)–C–C–N with tert-alkyl or cyclic N) is 1. The van der Waals surface area contributed by atoms with Crippen LogP contribution in [0.5, 0.6) is 0 Å². The largest absolute Gasteiger partial charge is 0.390 e. The van der Waals surface area contributed by atoms with E-state index in [-0.39, 0.29) is 6.10 Å². The summed E-state index contributed by atoms with van der Waals surface area (Å²) in [4.78, 5) is 4.64. The summed E-state index contributed by atoms with van der Waals surface area (Å²) in [6, 6.07) is 7.21. The predicted octanol–water partition coefficient (Wildman–Crippen LogP) is 2.66. The number of hydrogen-bond donors (Lipinski definition) is 1. The Morgan fingerprint density at radius 2 is 2.25 bits per heavy atom. The Morgan fingerprint density at radius 3 is 3.00 bits per heavy atom. The zero-order valence-corrected chi connectivity index (χ0v) is 13.6. The molecule has 1 heterocycles. The highest BCUT2D eigenvalue weighted by atomic mass is 79.9. The number of benzene rings is 1. The van der Waals surface area contributed by atoms with Gasteiger partial charge < -0.3 is 14.9 Å². The fraction of sp³-hybridized carbons (Fsp3) is 0.625. The Hall–Kier alpha value is -0.580. The number of fused-ring (bicyclic) bond motifs is 1. The average Bonchev–Trinajstić information content (AvgIpc) is 3.23. The van der Waals surface area contributed by atoms with Crippen molar-refractivity contribution in [1.29, 1.82) is 0 Å². The molecule has 1 N–H and O–H groups in total. The van der Waals surface area contributed by atoms with Crippen LogP contribution >= 0.6 is 15.9 Å². The van der Waals surface area contributed by atoms with Gasteiger partial charge in [-0.25, -0.2) is 0 Å². The summed E-state index contributed by atoms with van der Waals surface area (Å²) in [5, 5.41) is 10.3. The molecule has 0 aromatic heterocycles. The van der Waals surface area contributed by atoms with E-state index in [9.17, 15) is 5.11 Å². The van der Waals surface area contributed by atoms with Crippen LogP contribution in [-0.2, 0) is 6.42 Å². The standard InChI is InChI=1S/C16H23BrN2O/c1-18(14-6-7-14)10-15(20)11-19-8-2-3-12-4-5-13(17)9-16(12)19/h4-5,9,14-15,20H,2-3,6-8,10-11H2,1H3. The summed E-state index contributed by atoms with van der Waals surface area (Å²) in [6.45, 7) is 2.57. The SMILES string of the molecule is CN(CC(O)CN1CCCc2ccc(Br)cc21)C1CC1. The van der Waals surface area contributed by atoms with Crippen LogP contribution in [0, 0.1) is 0 Å². The van der Waals surface area contributed by atoms with Crippen LogP contribution in [0.3, 0.4) is 0 Å². The highest BCUT2D eigenvalue weighted by molar-refractivity contribution is 9.10. The Morgan fingerprint density at radius 1 is 1.45 bits per heavy atom. The van der Waals surface area contributed by atoms with E-state index in [0.717, 1.165) is 30.5 Å². The summed E-state index contributed by atoms with van der Waals surface area (Å²) in [5.74, 6) is 0. The zero-order chi connectivity index (χ0) is 14.1. The number of aliphatic hydroxyl groups is 1. The molecule has 1 saturated carbocycles. The van der Waals surface area contributed by atoms with Gasteiger partial charge in [0.15, 0.2) is 0 Å². The quantitative estimate of drug-likeness (QED) is 0.894. The van der Waals surface area contributed by atoms with E-state index in [1.165, 1.54) is 30.5 Å². The molecule has 4 heteroatoms. The van der Waals surface area contributed by atoms with Gasteiger partial charge in [-0.3, -0.25) is 0 Å². The first-order chi connectivity index (χ1) is 9.63. The minimum atomic E-state index is -0.273. The molecule has 0 radical (unpaired) electrons. The lowest BCUT2D eigenvalue weighted by atomic mass is 10.0. The van der Waals surface area contributed by atoms with Gasteiger partial charge in [0.2, 0.25) is 0 Å². The van der Waals surface area contributed by atoms with Gasteiger partial charge >= 0.3 is 0 Å². The normalized spacial score (nSPS) is 20.1. The van der Waals surface area contributed by atoms with Crippen LogP contribution < -0.4 is 4.90 Å². The molecule has 0 saturated heterocycles. The van der Waals surface area contributed by atoms with Gasteiger partial charge in [-0.15, -0.1) is 0 Å². The third-order valence-electron chi connectivity index (χ3n) is 4.36. The number of aryl methyl sites for hydroxylation is 1. The van der Waals surface area contributed by atoms with Crippen molar-refractivity contribution in [2.24, 2.45) is 0 Å². The van der Waals surface area contributed by atoms with E-state index < -0.39 is 0 Å². The van der Waals surface area contributed by atoms with E-state index in [0.29, 0.717) is 6.04 Å². The molecule has 3 nitrogen and oxygen atoms in total. The van der Waals surface area contributed by atoms with Crippen molar-refractivity contribution in [1.82, 2.24) is 4.90 Å². The molecule has 0 spiro atoms. The molecule has 110 valence electrons. The molecular weight excluding hydrogens is 316 g/mol. The Balaban J connectivity index is 1.64. The van der Waals surface area contributed by atoms with Crippen LogP contribution in [0.2, 0.25) is 0 Å². The molecule has 1 unspecified atom stereocenters. The van der Waals surface area contributed by atoms with Gasteiger partial charge in [0.25, 0.3) is 0 Å². The van der Waals surface area contributed by atoms with E-state index in [1.54, 1.807) is 0 Å². The summed E-state index contributed by atoms with van der Waals surface area (Å²) >= 11 is 3.55. The molecule has 1 aliphatic heterocycles. The molecule has 1 atom stereocenters. The smallest absolute Gasteiger partial charge is 0.0841 e. The minimum Gasteiger partial charge on any atom is -0.390 e. The van der Waals surface area contributed by atoms with E-state index in [2.05, 4.69) is 51.0 Å². The van der Waals surface area contributed by atoms with Crippen molar-refractivity contribution in [3.63, 3.8) is 0 Å². The van der Waals surface area contributed by atoms with Crippen molar-refractivity contribution in [2.45, 2.75) is 37.8 Å². The number of nitrogens with zero attached hydrogens (tertiary/aromatic N) is 2. The topological polar surface area (TPSA) is 26.7 Å². The lowest BCUT2D eigenvalue weighted by Crippen LogP contribution is -2.41. The Kier molecular flexibility index (Phi) is 4.34. The van der Waals surface area contributed by atoms with Gasteiger partial charge in [-0.05, 0) is 50.4 Å². The average molecular weight is 339 g/mol. The fourth-order valence-corrected chi connectivity index (χ4v) is 3.47. The van der Waals surface area contributed by atoms with Crippen LogP contribution in [0.25, 0.3) is 0 Å². The third kappa shape index (κ3) is 3.35. The molecule has 1 aromatic rings. The molecule has 3 rings (SSSR count). The lowest BCUT2D eigenvalue weighted by Gasteiger charge is -2.34. The highest BCUT2D eigenvalue weighted by Crippen LogP contribution is 2.30. The maximum atomic E-state index is 10.3. The third-order valence-corrected chi connectivity index (χ3v) is 4.86. The number of hydrogen-bond acceptors (Lipinski definition) is 3. The number of aliphatic hydroxyl groups excluding tert-OH is 1. The Bertz CT molecular complexity index is 476. The first kappa shape index (κ1) is 14.4. The van der Waals surface area contributed by atoms with E-state index >= 15 is 0 Å². The molecule has 2 aliphatic rings. The number of rotatable bonds is 5. The number of anilines is 1. The van der Waals surface area contributed by atoms with Crippen LogP contribution in [0.4, 0.5) is 5.69 Å². The molecule has 20 heavy (non-hydrogen) atoms. The highest BCUT2D eigenvalue weighted by Gasteiger charge is 2.28. The minimum absolute atomic E-state index is 0.273. The van der Waals surface area contributed by atoms with Gasteiger partial charge in [0.05, 0.1) is 6.10 Å². The van der Waals surface area contributed by atoms with Crippen LogP contribution in [0.15, 0.2) is 22.7 Å². The molecule has 1 aliphatic carbocycles. The number of likely N-dealkylation sites (N-methyl/N-ethyl adjacent to an activating group) is 1. The second kappa shape index (κ2) is 6.04. The summed E-state index contributed by atoms with van der Waals surface area (Å²) in [7, 11) is 2.13. The fourth-order valence-electron chi connectivity index (χ4n) is 3.12. The van der Waals surface area contributed by atoms with Crippen molar-refractivity contribution in [3.8, 4) is 0 Å². The zero-order valence-electron chi connectivity index (χ0n) is 12.1. The molecule has 1 fully saturated rings. The van der Waals surface area contributed by atoms with Gasteiger partial charge in [0, 0.05) is 35.8 Å². The Labute approximate surface area is 129 Å². The van der Waals surface area contributed by atoms with Crippen LogP contribution in [0.1, 0.15) is 24.8 Å². The summed E-state index contributed by atoms with van der Waals surface area (Å²) in [5.41, 5.74) is 2.70. The van der Waals surface area contributed by atoms with Crippen molar-refractivity contribution >= 4 is 21.6 Å². The van der Waals surface area contributed by atoms with Crippen molar-refractivity contribution in [2.75, 3.05) is 31.6 Å². The first-order valence-corrected chi connectivity index (χ1v) is 8.34. The van der Waals surface area contributed by atoms with E-state index in [4.69, 9.17) is 0 Å². The molecule has 0 amide bonds. The van der Waals surface area contributed by atoms with Gasteiger partial charge in [-0.1, -0.05) is 22.0 Å². The van der Waals surface area contributed by atoms with Crippen molar-refractivity contribution in [3.05, 3.63) is 28.2 Å². The maximum Gasteiger partial charge on any atom is 0.0841 e.